The quantitative estimate of drug-likeness (QED) is 0.329. The number of rotatable bonds is 8. The summed E-state index contributed by atoms with van der Waals surface area (Å²) in [6, 6.07) is 19.7. The number of nitrogens with zero attached hydrogens (tertiary/aromatic N) is 1. The predicted molar refractivity (Wildman–Crippen MR) is 135 cm³/mol. The van der Waals surface area contributed by atoms with Crippen LogP contribution >= 0.6 is 0 Å². The van der Waals surface area contributed by atoms with Crippen molar-refractivity contribution in [2.24, 2.45) is 0 Å². The van der Waals surface area contributed by atoms with Gasteiger partial charge in [0.1, 0.15) is 17.2 Å². The molecule has 2 N–H and O–H groups in total. The van der Waals surface area contributed by atoms with Crippen LogP contribution in [0.2, 0.25) is 0 Å². The lowest BCUT2D eigenvalue weighted by Crippen LogP contribution is -2.31. The monoisotopic (exact) mass is 473 g/mol. The normalized spacial score (nSPS) is 11.4. The molecule has 4 aromatic rings. The maximum Gasteiger partial charge on any atom is 0.319 e. The maximum atomic E-state index is 12.4. The van der Waals surface area contributed by atoms with Crippen molar-refractivity contribution in [3.8, 4) is 28.7 Å². The number of carbonyl (C=O) groups is 1. The molecule has 8 nitrogen and oxygen atoms in total. The summed E-state index contributed by atoms with van der Waals surface area (Å²) >= 11 is 0. The van der Waals surface area contributed by atoms with E-state index in [0.29, 0.717) is 28.7 Å². The topological polar surface area (TPSA) is 90.9 Å². The van der Waals surface area contributed by atoms with Crippen LogP contribution in [0.15, 0.2) is 72.9 Å². The first kappa shape index (κ1) is 23.7. The standard InChI is InChI=1S/C27H27N3O5/c1-17(18-5-9-20(32-2)10-6-18)29-27(31)30-19-7-11-21(12-8-19)35-24-13-14-28-23-16-26(34-4)25(33-3)15-22(23)24/h5-17H,1-4H3,(H2,29,30,31)/t17-/m0/s1. The van der Waals surface area contributed by atoms with Gasteiger partial charge in [0, 0.05) is 23.3 Å². The first-order valence-corrected chi connectivity index (χ1v) is 11.0. The highest BCUT2D eigenvalue weighted by Crippen LogP contribution is 2.37. The van der Waals surface area contributed by atoms with E-state index in [2.05, 4.69) is 15.6 Å². The van der Waals surface area contributed by atoms with Gasteiger partial charge in [0.2, 0.25) is 0 Å². The zero-order valence-electron chi connectivity index (χ0n) is 20.0. The molecule has 0 aliphatic carbocycles. The minimum atomic E-state index is -0.303. The Morgan fingerprint density at radius 1 is 0.800 bits per heavy atom. The van der Waals surface area contributed by atoms with Gasteiger partial charge in [-0.2, -0.15) is 0 Å². The van der Waals surface area contributed by atoms with E-state index in [0.717, 1.165) is 22.2 Å². The molecular formula is C27H27N3O5. The van der Waals surface area contributed by atoms with E-state index in [1.807, 2.05) is 37.3 Å². The summed E-state index contributed by atoms with van der Waals surface area (Å²) in [5.74, 6) is 3.20. The van der Waals surface area contributed by atoms with E-state index in [1.54, 1.807) is 63.9 Å². The molecule has 0 radical (unpaired) electrons. The molecule has 0 aliphatic heterocycles. The van der Waals surface area contributed by atoms with Crippen LogP contribution in [0.4, 0.5) is 10.5 Å². The van der Waals surface area contributed by atoms with Crippen LogP contribution in [0.25, 0.3) is 10.9 Å². The van der Waals surface area contributed by atoms with Gasteiger partial charge in [-0.3, -0.25) is 4.98 Å². The molecule has 1 aromatic heterocycles. The summed E-state index contributed by atoms with van der Waals surface area (Å²) in [5, 5.41) is 6.56. The lowest BCUT2D eigenvalue weighted by molar-refractivity contribution is 0.249. The summed E-state index contributed by atoms with van der Waals surface area (Å²) in [5.41, 5.74) is 2.34. The number of pyridine rings is 1. The second-order valence-corrected chi connectivity index (χ2v) is 7.75. The van der Waals surface area contributed by atoms with E-state index in [4.69, 9.17) is 18.9 Å². The summed E-state index contributed by atoms with van der Waals surface area (Å²) in [6.45, 7) is 1.92. The molecule has 0 bridgehead atoms. The van der Waals surface area contributed by atoms with Gasteiger partial charge >= 0.3 is 6.03 Å². The van der Waals surface area contributed by atoms with Crippen LogP contribution in [0.5, 0.6) is 28.7 Å². The number of anilines is 1. The Hall–Kier alpha value is -4.46. The smallest absolute Gasteiger partial charge is 0.319 e. The first-order chi connectivity index (χ1) is 17.0. The molecule has 3 aromatic carbocycles. The number of carbonyl (C=O) groups excluding carboxylic acids is 1. The lowest BCUT2D eigenvalue weighted by Gasteiger charge is -2.16. The molecule has 1 atom stereocenters. The van der Waals surface area contributed by atoms with E-state index in [1.165, 1.54) is 0 Å². The third-order valence-electron chi connectivity index (χ3n) is 5.51. The number of benzene rings is 3. The Kier molecular flexibility index (Phi) is 7.21. The van der Waals surface area contributed by atoms with Crippen LogP contribution < -0.4 is 29.6 Å². The zero-order chi connectivity index (χ0) is 24.8. The summed E-state index contributed by atoms with van der Waals surface area (Å²) < 4.78 is 22.0. The number of fused-ring (bicyclic) bond motifs is 1. The third-order valence-corrected chi connectivity index (χ3v) is 5.51. The largest absolute Gasteiger partial charge is 0.497 e. The molecule has 0 saturated heterocycles. The Morgan fingerprint density at radius 3 is 2.11 bits per heavy atom. The molecule has 180 valence electrons. The van der Waals surface area contributed by atoms with Crippen molar-refractivity contribution in [2.75, 3.05) is 26.6 Å². The van der Waals surface area contributed by atoms with Crippen molar-refractivity contribution in [1.82, 2.24) is 10.3 Å². The number of methoxy groups -OCH3 is 3. The van der Waals surface area contributed by atoms with Crippen molar-refractivity contribution < 1.29 is 23.7 Å². The number of hydrogen-bond acceptors (Lipinski definition) is 6. The molecule has 0 saturated carbocycles. The van der Waals surface area contributed by atoms with Crippen LogP contribution in [0.1, 0.15) is 18.5 Å². The van der Waals surface area contributed by atoms with Crippen molar-refractivity contribution in [1.29, 1.82) is 0 Å². The summed E-state index contributed by atoms with van der Waals surface area (Å²) in [4.78, 5) is 16.8. The average Bonchev–Trinajstić information content (AvgIpc) is 2.89. The van der Waals surface area contributed by atoms with E-state index in [9.17, 15) is 4.79 Å². The van der Waals surface area contributed by atoms with Crippen LogP contribution in [0.3, 0.4) is 0 Å². The number of aromatic nitrogens is 1. The predicted octanol–water partition coefficient (Wildman–Crippen LogP) is 5.94. The minimum absolute atomic E-state index is 0.168. The van der Waals surface area contributed by atoms with E-state index in [-0.39, 0.29) is 12.1 Å². The number of urea groups is 1. The highest BCUT2D eigenvalue weighted by Gasteiger charge is 2.12. The number of amides is 2. The van der Waals surface area contributed by atoms with Crippen LogP contribution in [0, 0.1) is 0 Å². The molecule has 8 heteroatoms. The summed E-state index contributed by atoms with van der Waals surface area (Å²) in [7, 11) is 4.79. The molecule has 0 fully saturated rings. The Labute approximate surface area is 203 Å². The molecule has 0 aliphatic rings. The van der Waals surface area contributed by atoms with Gasteiger partial charge in [0.05, 0.1) is 32.9 Å². The molecule has 35 heavy (non-hydrogen) atoms. The van der Waals surface area contributed by atoms with Crippen molar-refractivity contribution in [2.45, 2.75) is 13.0 Å². The molecule has 2 amide bonds. The van der Waals surface area contributed by atoms with E-state index >= 15 is 0 Å². The summed E-state index contributed by atoms with van der Waals surface area (Å²) in [6.07, 6.45) is 1.67. The lowest BCUT2D eigenvalue weighted by atomic mass is 10.1. The van der Waals surface area contributed by atoms with Crippen molar-refractivity contribution in [3.05, 3.63) is 78.5 Å². The highest BCUT2D eigenvalue weighted by molar-refractivity contribution is 5.90. The van der Waals surface area contributed by atoms with Gasteiger partial charge in [0.25, 0.3) is 0 Å². The maximum absolute atomic E-state index is 12.4. The van der Waals surface area contributed by atoms with Gasteiger partial charge in [-0.1, -0.05) is 12.1 Å². The Morgan fingerprint density at radius 2 is 1.46 bits per heavy atom. The zero-order valence-corrected chi connectivity index (χ0v) is 20.0. The Bertz CT molecular complexity index is 1310. The van der Waals surface area contributed by atoms with Crippen molar-refractivity contribution >= 4 is 22.6 Å². The van der Waals surface area contributed by atoms with Crippen molar-refractivity contribution in [3.63, 3.8) is 0 Å². The second kappa shape index (κ2) is 10.6. The number of nitrogens with one attached hydrogen (secondary N) is 2. The molecule has 4 rings (SSSR count). The van der Waals surface area contributed by atoms with Crippen LogP contribution in [-0.2, 0) is 0 Å². The fourth-order valence-corrected chi connectivity index (χ4v) is 3.61. The number of hydrogen-bond donors (Lipinski definition) is 2. The fourth-order valence-electron chi connectivity index (χ4n) is 3.61. The SMILES string of the molecule is COc1ccc([C@H](C)NC(=O)Nc2ccc(Oc3ccnc4cc(OC)c(OC)cc34)cc2)cc1. The molecular weight excluding hydrogens is 446 g/mol. The molecule has 0 unspecified atom stereocenters. The fraction of sp³-hybridized carbons (Fsp3) is 0.185. The van der Waals surface area contributed by atoms with Gasteiger partial charge in [-0.05, 0) is 61.0 Å². The van der Waals surface area contributed by atoms with Gasteiger partial charge in [0.15, 0.2) is 11.5 Å². The first-order valence-electron chi connectivity index (χ1n) is 11.0. The second-order valence-electron chi connectivity index (χ2n) is 7.75. The number of ether oxygens (including phenoxy) is 4. The molecule has 1 heterocycles. The van der Waals surface area contributed by atoms with Crippen LogP contribution in [-0.4, -0.2) is 32.3 Å². The Balaban J connectivity index is 1.41. The average molecular weight is 474 g/mol. The van der Waals surface area contributed by atoms with Gasteiger partial charge < -0.3 is 29.6 Å². The third kappa shape index (κ3) is 5.55. The van der Waals surface area contributed by atoms with Gasteiger partial charge in [-0.25, -0.2) is 4.79 Å². The highest BCUT2D eigenvalue weighted by atomic mass is 16.5. The van der Waals surface area contributed by atoms with E-state index < -0.39 is 0 Å². The van der Waals surface area contributed by atoms with Gasteiger partial charge in [-0.15, -0.1) is 0 Å². The molecule has 0 spiro atoms. The minimum Gasteiger partial charge on any atom is -0.497 e.